The number of hydrogen-bond donors (Lipinski definition) is 1. The Labute approximate surface area is 150 Å². The maximum Gasteiger partial charge on any atom is 0.416 e. The van der Waals surface area contributed by atoms with Crippen LogP contribution in [0.15, 0.2) is 28.8 Å². The Bertz CT molecular complexity index is 708. The Hall–Kier alpha value is -1.93. The summed E-state index contributed by atoms with van der Waals surface area (Å²) in [5.74, 6) is 1.36. The lowest BCUT2D eigenvalue weighted by Gasteiger charge is -2.30. The fourth-order valence-electron chi connectivity index (χ4n) is 3.24. The zero-order chi connectivity index (χ0) is 18.6. The van der Waals surface area contributed by atoms with Crippen LogP contribution in [-0.4, -0.2) is 41.7 Å². The summed E-state index contributed by atoms with van der Waals surface area (Å²) in [4.78, 5) is 6.52. The minimum Gasteiger partial charge on any atom is -0.338 e. The van der Waals surface area contributed by atoms with Crippen LogP contribution in [0.2, 0.25) is 0 Å². The van der Waals surface area contributed by atoms with Gasteiger partial charge in [-0.25, -0.2) is 0 Å². The van der Waals surface area contributed by atoms with E-state index in [1.165, 1.54) is 12.5 Å². The summed E-state index contributed by atoms with van der Waals surface area (Å²) in [7, 11) is 1.96. The molecule has 1 aliphatic rings. The lowest BCUT2D eigenvalue weighted by molar-refractivity contribution is -0.137. The van der Waals surface area contributed by atoms with Gasteiger partial charge in [0.15, 0.2) is 0 Å². The summed E-state index contributed by atoms with van der Waals surface area (Å²) in [6.07, 6.45) is -0.933. The van der Waals surface area contributed by atoms with Crippen molar-refractivity contribution < 1.29 is 17.7 Å². The molecule has 1 aromatic carbocycles. The molecule has 0 spiro atoms. The van der Waals surface area contributed by atoms with Gasteiger partial charge in [-0.05, 0) is 64.0 Å². The Kier molecular flexibility index (Phi) is 5.93. The number of halogens is 3. The largest absolute Gasteiger partial charge is 0.416 e. The number of likely N-dealkylation sites (tertiary alicyclic amines) is 1. The van der Waals surface area contributed by atoms with Gasteiger partial charge in [0.25, 0.3) is 0 Å². The van der Waals surface area contributed by atoms with E-state index in [1.807, 2.05) is 7.05 Å². The number of alkyl halides is 3. The molecular weight excluding hydrogens is 345 g/mol. The van der Waals surface area contributed by atoms with E-state index >= 15 is 0 Å². The van der Waals surface area contributed by atoms with E-state index < -0.39 is 11.7 Å². The van der Waals surface area contributed by atoms with E-state index in [0.29, 0.717) is 18.0 Å². The van der Waals surface area contributed by atoms with Crippen LogP contribution in [0, 0.1) is 5.92 Å². The topological polar surface area (TPSA) is 54.2 Å². The molecule has 8 heteroatoms. The first-order chi connectivity index (χ1) is 12.5. The van der Waals surface area contributed by atoms with E-state index in [4.69, 9.17) is 4.52 Å². The number of nitrogens with zero attached hydrogens (tertiary/aromatic N) is 3. The number of hydrogen-bond acceptors (Lipinski definition) is 5. The van der Waals surface area contributed by atoms with Crippen molar-refractivity contribution in [2.75, 3.05) is 26.7 Å². The monoisotopic (exact) mass is 368 g/mol. The highest BCUT2D eigenvalue weighted by atomic mass is 19.4. The average molecular weight is 368 g/mol. The van der Waals surface area contributed by atoms with Gasteiger partial charge in [0.1, 0.15) is 0 Å². The molecule has 0 saturated carbocycles. The first kappa shape index (κ1) is 18.8. The van der Waals surface area contributed by atoms with E-state index in [-0.39, 0.29) is 5.82 Å². The molecule has 0 aliphatic carbocycles. The standard InChI is InChI=1S/C18H23F3N4O/c1-22-8-5-13-6-9-25(10-7-13)12-16-23-17(24-26-16)14-3-2-4-15(11-14)18(19,20)21/h2-4,11,13,22H,5-10,12H2,1H3. The second kappa shape index (κ2) is 8.18. The lowest BCUT2D eigenvalue weighted by Crippen LogP contribution is -2.34. The van der Waals surface area contributed by atoms with Gasteiger partial charge >= 0.3 is 6.18 Å². The van der Waals surface area contributed by atoms with E-state index in [0.717, 1.165) is 50.5 Å². The third kappa shape index (κ3) is 4.82. The number of benzene rings is 1. The molecule has 0 atom stereocenters. The van der Waals surface area contributed by atoms with Gasteiger partial charge < -0.3 is 9.84 Å². The van der Waals surface area contributed by atoms with Crippen LogP contribution in [0.4, 0.5) is 13.2 Å². The number of piperidine rings is 1. The predicted molar refractivity (Wildman–Crippen MR) is 91.3 cm³/mol. The van der Waals surface area contributed by atoms with Crippen LogP contribution in [0.5, 0.6) is 0 Å². The van der Waals surface area contributed by atoms with Crippen molar-refractivity contribution in [3.05, 3.63) is 35.7 Å². The molecule has 0 bridgehead atoms. The molecule has 0 radical (unpaired) electrons. The summed E-state index contributed by atoms with van der Waals surface area (Å²) >= 11 is 0. The van der Waals surface area contributed by atoms with Crippen molar-refractivity contribution >= 4 is 0 Å². The molecule has 3 rings (SSSR count). The maximum atomic E-state index is 12.8. The normalized spacial score (nSPS) is 16.9. The third-order valence-electron chi connectivity index (χ3n) is 4.78. The van der Waals surface area contributed by atoms with Crippen molar-refractivity contribution in [3.63, 3.8) is 0 Å². The first-order valence-corrected chi connectivity index (χ1v) is 8.83. The van der Waals surface area contributed by atoms with Crippen LogP contribution in [0.3, 0.4) is 0 Å². The maximum absolute atomic E-state index is 12.8. The number of aromatic nitrogens is 2. The zero-order valence-corrected chi connectivity index (χ0v) is 14.7. The fraction of sp³-hybridized carbons (Fsp3) is 0.556. The average Bonchev–Trinajstić information content (AvgIpc) is 3.09. The number of rotatable bonds is 6. The van der Waals surface area contributed by atoms with Gasteiger partial charge in [0.2, 0.25) is 11.7 Å². The molecule has 26 heavy (non-hydrogen) atoms. The van der Waals surface area contributed by atoms with Crippen LogP contribution < -0.4 is 5.32 Å². The summed E-state index contributed by atoms with van der Waals surface area (Å²) in [5.41, 5.74) is -0.411. The van der Waals surface area contributed by atoms with E-state index in [2.05, 4.69) is 20.4 Å². The Morgan fingerprint density at radius 1 is 1.27 bits per heavy atom. The molecule has 2 aromatic rings. The lowest BCUT2D eigenvalue weighted by atomic mass is 9.93. The van der Waals surface area contributed by atoms with E-state index in [9.17, 15) is 13.2 Å². The molecule has 1 aliphatic heterocycles. The highest BCUT2D eigenvalue weighted by molar-refractivity contribution is 5.55. The molecule has 1 fully saturated rings. The molecule has 0 unspecified atom stereocenters. The summed E-state index contributed by atoms with van der Waals surface area (Å²) < 4.78 is 43.7. The van der Waals surface area contributed by atoms with Crippen LogP contribution in [-0.2, 0) is 12.7 Å². The van der Waals surface area contributed by atoms with Crippen LogP contribution >= 0.6 is 0 Å². The second-order valence-corrected chi connectivity index (χ2v) is 6.70. The van der Waals surface area contributed by atoms with E-state index in [1.54, 1.807) is 6.07 Å². The van der Waals surface area contributed by atoms with Crippen molar-refractivity contribution in [2.24, 2.45) is 5.92 Å². The van der Waals surface area contributed by atoms with Crippen molar-refractivity contribution in [1.29, 1.82) is 0 Å². The molecule has 1 N–H and O–H groups in total. The van der Waals surface area contributed by atoms with Gasteiger partial charge in [0.05, 0.1) is 12.1 Å². The van der Waals surface area contributed by atoms with Gasteiger partial charge in [-0.3, -0.25) is 4.90 Å². The number of nitrogens with one attached hydrogen (secondary N) is 1. The summed E-state index contributed by atoms with van der Waals surface area (Å²) in [5, 5.41) is 7.02. The molecule has 0 amide bonds. The van der Waals surface area contributed by atoms with Gasteiger partial charge in [-0.15, -0.1) is 0 Å². The van der Waals surface area contributed by atoms with Gasteiger partial charge in [0, 0.05) is 5.56 Å². The minimum atomic E-state index is -4.39. The minimum absolute atomic E-state index is 0.190. The van der Waals surface area contributed by atoms with Gasteiger partial charge in [-0.1, -0.05) is 17.3 Å². The highest BCUT2D eigenvalue weighted by Gasteiger charge is 2.31. The molecular formula is C18H23F3N4O. The van der Waals surface area contributed by atoms with Gasteiger partial charge in [-0.2, -0.15) is 18.2 Å². The molecule has 2 heterocycles. The summed E-state index contributed by atoms with van der Waals surface area (Å²) in [6.45, 7) is 3.50. The Morgan fingerprint density at radius 3 is 2.73 bits per heavy atom. The summed E-state index contributed by atoms with van der Waals surface area (Å²) in [6, 6.07) is 4.98. The first-order valence-electron chi connectivity index (χ1n) is 8.83. The zero-order valence-electron chi connectivity index (χ0n) is 14.7. The molecule has 1 saturated heterocycles. The predicted octanol–water partition coefficient (Wildman–Crippen LogP) is 3.58. The molecule has 142 valence electrons. The second-order valence-electron chi connectivity index (χ2n) is 6.70. The Morgan fingerprint density at radius 2 is 2.04 bits per heavy atom. The third-order valence-corrected chi connectivity index (χ3v) is 4.78. The highest BCUT2D eigenvalue weighted by Crippen LogP contribution is 2.31. The van der Waals surface area contributed by atoms with Crippen LogP contribution in [0.1, 0.15) is 30.7 Å². The SMILES string of the molecule is CNCCC1CCN(Cc2nc(-c3cccc(C(F)(F)F)c3)no2)CC1. The van der Waals surface area contributed by atoms with Crippen molar-refractivity contribution in [2.45, 2.75) is 32.0 Å². The smallest absolute Gasteiger partial charge is 0.338 e. The quantitative estimate of drug-likeness (QED) is 0.845. The molecule has 1 aromatic heterocycles. The fourth-order valence-corrected chi connectivity index (χ4v) is 3.24. The van der Waals surface area contributed by atoms with Crippen molar-refractivity contribution in [1.82, 2.24) is 20.4 Å². The van der Waals surface area contributed by atoms with Crippen molar-refractivity contribution in [3.8, 4) is 11.4 Å². The molecule has 5 nitrogen and oxygen atoms in total. The Balaban J connectivity index is 1.59. The van der Waals surface area contributed by atoms with Crippen LogP contribution in [0.25, 0.3) is 11.4 Å².